The number of hydrogen-bond donors (Lipinski definition) is 2. The van der Waals surface area contributed by atoms with Crippen molar-refractivity contribution in [2.75, 3.05) is 18.0 Å². The van der Waals surface area contributed by atoms with Gasteiger partial charge in [-0.15, -0.1) is 0 Å². The van der Waals surface area contributed by atoms with Gasteiger partial charge in [0.1, 0.15) is 0 Å². The van der Waals surface area contributed by atoms with Crippen LogP contribution in [0.25, 0.3) is 0 Å². The van der Waals surface area contributed by atoms with Crippen LogP contribution in [-0.4, -0.2) is 27.4 Å². The molecule has 7 heteroatoms. The fourth-order valence-corrected chi connectivity index (χ4v) is 2.83. The van der Waals surface area contributed by atoms with Crippen molar-refractivity contribution in [1.82, 2.24) is 0 Å². The number of nitrogens with two attached hydrogens (primary N) is 2. The zero-order valence-corrected chi connectivity index (χ0v) is 11.3. The maximum atomic E-state index is 11.3. The van der Waals surface area contributed by atoms with Crippen LogP contribution in [0.1, 0.15) is 12.8 Å². The third-order valence-electron chi connectivity index (χ3n) is 3.41. The van der Waals surface area contributed by atoms with Gasteiger partial charge in [0, 0.05) is 24.7 Å². The summed E-state index contributed by atoms with van der Waals surface area (Å²) in [6.07, 6.45) is 1.38. The van der Waals surface area contributed by atoms with Crippen molar-refractivity contribution in [3.05, 3.63) is 24.3 Å². The topological polar surface area (TPSA) is 106 Å². The molecule has 1 heterocycles. The number of carbonyl (C=O) groups excluding carboxylic acids is 1. The molecule has 1 amide bonds. The lowest BCUT2D eigenvalue weighted by Gasteiger charge is -2.32. The lowest BCUT2D eigenvalue weighted by atomic mass is 9.96. The fourth-order valence-electron chi connectivity index (χ4n) is 2.28. The number of amides is 1. The summed E-state index contributed by atoms with van der Waals surface area (Å²) in [5.74, 6) is -0.351. The van der Waals surface area contributed by atoms with E-state index in [1.807, 2.05) is 11.0 Å². The molecular weight excluding hydrogens is 266 g/mol. The highest BCUT2D eigenvalue weighted by Crippen LogP contribution is 2.24. The largest absolute Gasteiger partial charge is 0.371 e. The van der Waals surface area contributed by atoms with Crippen LogP contribution in [0.15, 0.2) is 29.2 Å². The van der Waals surface area contributed by atoms with E-state index in [9.17, 15) is 13.2 Å². The van der Waals surface area contributed by atoms with Crippen LogP contribution in [-0.2, 0) is 14.8 Å². The van der Waals surface area contributed by atoms with Gasteiger partial charge in [0.15, 0.2) is 0 Å². The predicted molar refractivity (Wildman–Crippen MR) is 71.9 cm³/mol. The standard InChI is InChI=1S/C12H17N3O3S/c13-12(16)9-4-6-15(7-5-9)10-2-1-3-11(8-10)19(14,17)18/h1-3,8-9H,4-7H2,(H2,13,16)(H2,14,17,18). The number of piperidine rings is 1. The molecule has 1 aliphatic rings. The van der Waals surface area contributed by atoms with Crippen LogP contribution in [0.3, 0.4) is 0 Å². The summed E-state index contributed by atoms with van der Waals surface area (Å²) in [7, 11) is -3.69. The quantitative estimate of drug-likeness (QED) is 0.816. The molecule has 0 aliphatic carbocycles. The molecule has 0 radical (unpaired) electrons. The summed E-state index contributed by atoms with van der Waals surface area (Å²) in [6.45, 7) is 1.36. The first kappa shape index (κ1) is 13.8. The molecule has 6 nitrogen and oxygen atoms in total. The summed E-state index contributed by atoms with van der Waals surface area (Å²) in [5.41, 5.74) is 6.08. The monoisotopic (exact) mass is 283 g/mol. The van der Waals surface area contributed by atoms with Gasteiger partial charge < -0.3 is 10.6 Å². The van der Waals surface area contributed by atoms with Crippen molar-refractivity contribution in [3.8, 4) is 0 Å². The van der Waals surface area contributed by atoms with E-state index in [0.717, 1.165) is 5.69 Å². The molecule has 4 N–H and O–H groups in total. The van der Waals surface area contributed by atoms with Crippen LogP contribution < -0.4 is 15.8 Å². The molecule has 1 aromatic carbocycles. The minimum absolute atomic E-state index is 0.0855. The fraction of sp³-hybridized carbons (Fsp3) is 0.417. The first-order chi connectivity index (χ1) is 8.88. The van der Waals surface area contributed by atoms with Gasteiger partial charge in [-0.3, -0.25) is 4.79 Å². The van der Waals surface area contributed by atoms with E-state index in [2.05, 4.69) is 0 Å². The number of primary sulfonamides is 1. The Balaban J connectivity index is 2.14. The number of nitrogens with zero attached hydrogens (tertiary/aromatic N) is 1. The normalized spacial score (nSPS) is 17.4. The van der Waals surface area contributed by atoms with Gasteiger partial charge in [0.25, 0.3) is 0 Å². The average Bonchev–Trinajstić information content (AvgIpc) is 2.38. The molecule has 2 rings (SSSR count). The van der Waals surface area contributed by atoms with E-state index in [-0.39, 0.29) is 16.7 Å². The van der Waals surface area contributed by atoms with Gasteiger partial charge >= 0.3 is 0 Å². The number of anilines is 1. The van der Waals surface area contributed by atoms with Crippen molar-refractivity contribution < 1.29 is 13.2 Å². The van der Waals surface area contributed by atoms with Gasteiger partial charge in [-0.1, -0.05) is 6.07 Å². The molecule has 1 saturated heterocycles. The minimum Gasteiger partial charge on any atom is -0.371 e. The Labute approximate surface area is 112 Å². The van der Waals surface area contributed by atoms with Gasteiger partial charge in [-0.05, 0) is 31.0 Å². The maximum absolute atomic E-state index is 11.3. The van der Waals surface area contributed by atoms with Crippen molar-refractivity contribution in [1.29, 1.82) is 0 Å². The molecule has 1 aliphatic heterocycles. The van der Waals surface area contributed by atoms with Crippen LogP contribution in [0, 0.1) is 5.92 Å². The highest BCUT2D eigenvalue weighted by atomic mass is 32.2. The summed E-state index contributed by atoms with van der Waals surface area (Å²) < 4.78 is 22.6. The lowest BCUT2D eigenvalue weighted by molar-refractivity contribution is -0.122. The molecule has 1 fully saturated rings. The van der Waals surface area contributed by atoms with E-state index in [4.69, 9.17) is 10.9 Å². The molecule has 1 aromatic rings. The van der Waals surface area contributed by atoms with Crippen molar-refractivity contribution in [2.24, 2.45) is 16.8 Å². The number of carbonyl (C=O) groups is 1. The van der Waals surface area contributed by atoms with Gasteiger partial charge in [-0.25, -0.2) is 13.6 Å². The van der Waals surface area contributed by atoms with Gasteiger partial charge in [0.05, 0.1) is 4.90 Å². The Morgan fingerprint density at radius 1 is 1.26 bits per heavy atom. The second kappa shape index (κ2) is 5.18. The van der Waals surface area contributed by atoms with Gasteiger partial charge in [-0.2, -0.15) is 0 Å². The summed E-state index contributed by atoms with van der Waals surface area (Å²) in [5, 5.41) is 5.11. The zero-order chi connectivity index (χ0) is 14.0. The number of sulfonamides is 1. The maximum Gasteiger partial charge on any atom is 0.238 e. The minimum atomic E-state index is -3.69. The summed E-state index contributed by atoms with van der Waals surface area (Å²) >= 11 is 0. The van der Waals surface area contributed by atoms with Crippen molar-refractivity contribution in [3.63, 3.8) is 0 Å². The molecule has 0 spiro atoms. The van der Waals surface area contributed by atoms with E-state index >= 15 is 0 Å². The van der Waals surface area contributed by atoms with E-state index in [1.165, 1.54) is 6.07 Å². The Hall–Kier alpha value is -1.60. The van der Waals surface area contributed by atoms with Gasteiger partial charge in [0.2, 0.25) is 15.9 Å². The second-order valence-electron chi connectivity index (χ2n) is 4.71. The Morgan fingerprint density at radius 3 is 2.42 bits per heavy atom. The zero-order valence-electron chi connectivity index (χ0n) is 10.5. The SMILES string of the molecule is NC(=O)C1CCN(c2cccc(S(N)(=O)=O)c2)CC1. The Morgan fingerprint density at radius 2 is 1.89 bits per heavy atom. The molecule has 19 heavy (non-hydrogen) atoms. The van der Waals surface area contributed by atoms with Crippen LogP contribution in [0.5, 0.6) is 0 Å². The second-order valence-corrected chi connectivity index (χ2v) is 6.27. The smallest absolute Gasteiger partial charge is 0.238 e. The first-order valence-corrected chi connectivity index (χ1v) is 7.59. The van der Waals surface area contributed by atoms with Crippen LogP contribution in [0.4, 0.5) is 5.69 Å². The molecular formula is C12H17N3O3S. The number of primary amides is 1. The first-order valence-electron chi connectivity index (χ1n) is 6.05. The summed E-state index contributed by atoms with van der Waals surface area (Å²) in [6, 6.07) is 6.52. The number of hydrogen-bond acceptors (Lipinski definition) is 4. The van der Waals surface area contributed by atoms with E-state index in [0.29, 0.717) is 25.9 Å². The number of benzene rings is 1. The molecule has 0 saturated carbocycles. The molecule has 0 unspecified atom stereocenters. The van der Waals surface area contributed by atoms with Crippen molar-refractivity contribution >= 4 is 21.6 Å². The average molecular weight is 283 g/mol. The Kier molecular flexibility index (Phi) is 3.77. The van der Waals surface area contributed by atoms with Crippen LogP contribution >= 0.6 is 0 Å². The molecule has 0 bridgehead atoms. The third kappa shape index (κ3) is 3.24. The van der Waals surface area contributed by atoms with Crippen LogP contribution in [0.2, 0.25) is 0 Å². The molecule has 104 valence electrons. The molecule has 0 aromatic heterocycles. The number of rotatable bonds is 3. The van der Waals surface area contributed by atoms with E-state index in [1.54, 1.807) is 12.1 Å². The predicted octanol–water partition coefficient (Wildman–Crippen LogP) is 0.0357. The highest BCUT2D eigenvalue weighted by molar-refractivity contribution is 7.89. The third-order valence-corrected chi connectivity index (χ3v) is 4.32. The Bertz CT molecular complexity index is 578. The highest BCUT2D eigenvalue weighted by Gasteiger charge is 2.23. The summed E-state index contributed by atoms with van der Waals surface area (Å²) in [4.78, 5) is 13.2. The lowest BCUT2D eigenvalue weighted by Crippen LogP contribution is -2.38. The van der Waals surface area contributed by atoms with E-state index < -0.39 is 10.0 Å². The van der Waals surface area contributed by atoms with Crippen molar-refractivity contribution in [2.45, 2.75) is 17.7 Å². The molecule has 0 atom stereocenters.